The Morgan fingerprint density at radius 1 is 0.762 bits per heavy atom. The van der Waals surface area contributed by atoms with Crippen LogP contribution in [0.15, 0.2) is 66.9 Å². The molecular formula is C18H15NO2. The smallest absolute Gasteiger partial charge is 0.118 e. The Labute approximate surface area is 123 Å². The predicted octanol–water partition coefficient (Wildman–Crippen LogP) is 4.13. The summed E-state index contributed by atoms with van der Waals surface area (Å²) in [6.07, 6.45) is 1.84. The molecule has 21 heavy (non-hydrogen) atoms. The minimum atomic E-state index is 0.265. The summed E-state index contributed by atoms with van der Waals surface area (Å²) < 4.78 is 5.15. The van der Waals surface area contributed by atoms with Gasteiger partial charge < -0.3 is 9.84 Å². The number of aromatic hydroxyl groups is 1. The van der Waals surface area contributed by atoms with Gasteiger partial charge in [-0.2, -0.15) is 0 Å². The highest BCUT2D eigenvalue weighted by molar-refractivity contribution is 5.67. The molecule has 3 heteroatoms. The number of hydrogen-bond acceptors (Lipinski definition) is 3. The summed E-state index contributed by atoms with van der Waals surface area (Å²) in [4.78, 5) is 4.50. The van der Waals surface area contributed by atoms with E-state index in [4.69, 9.17) is 4.74 Å². The molecule has 0 spiro atoms. The molecule has 3 aromatic rings. The largest absolute Gasteiger partial charge is 0.508 e. The Balaban J connectivity index is 1.87. The van der Waals surface area contributed by atoms with Crippen molar-refractivity contribution in [2.24, 2.45) is 0 Å². The number of phenolic OH excluding ortho intramolecular Hbond substituents is 1. The fourth-order valence-corrected chi connectivity index (χ4v) is 2.15. The van der Waals surface area contributed by atoms with Gasteiger partial charge in [0.2, 0.25) is 0 Å². The molecule has 0 bridgehead atoms. The molecule has 1 aromatic heterocycles. The zero-order chi connectivity index (χ0) is 14.7. The van der Waals surface area contributed by atoms with Gasteiger partial charge in [0.05, 0.1) is 12.8 Å². The molecule has 0 radical (unpaired) electrons. The van der Waals surface area contributed by atoms with Crippen LogP contribution in [0.25, 0.3) is 22.4 Å². The first-order valence-electron chi connectivity index (χ1n) is 6.66. The van der Waals surface area contributed by atoms with E-state index in [9.17, 15) is 5.11 Å². The predicted molar refractivity (Wildman–Crippen MR) is 83.3 cm³/mol. The summed E-state index contributed by atoms with van der Waals surface area (Å²) in [7, 11) is 1.65. The van der Waals surface area contributed by atoms with E-state index in [-0.39, 0.29) is 5.75 Å². The molecule has 1 heterocycles. The average molecular weight is 277 g/mol. The van der Waals surface area contributed by atoms with Crippen LogP contribution in [0.3, 0.4) is 0 Å². The zero-order valence-electron chi connectivity index (χ0n) is 11.7. The van der Waals surface area contributed by atoms with Gasteiger partial charge in [-0.05, 0) is 48.0 Å². The molecule has 2 aromatic carbocycles. The standard InChI is InChI=1S/C18H15NO2/c1-21-17-9-4-14(5-10-17)18-11-6-15(12-19-18)13-2-7-16(20)8-3-13/h2-12,20H,1H3. The number of hydrogen-bond donors (Lipinski definition) is 1. The van der Waals surface area contributed by atoms with Gasteiger partial charge in [0.15, 0.2) is 0 Å². The molecular weight excluding hydrogens is 262 g/mol. The van der Waals surface area contributed by atoms with Crippen molar-refractivity contribution in [3.8, 4) is 33.9 Å². The second-order valence-corrected chi connectivity index (χ2v) is 4.71. The minimum absolute atomic E-state index is 0.265. The van der Waals surface area contributed by atoms with Crippen LogP contribution in [0.1, 0.15) is 0 Å². The summed E-state index contributed by atoms with van der Waals surface area (Å²) in [5, 5.41) is 9.31. The number of phenols is 1. The molecule has 0 aliphatic rings. The molecule has 104 valence electrons. The van der Waals surface area contributed by atoms with Crippen LogP contribution in [0, 0.1) is 0 Å². The van der Waals surface area contributed by atoms with Crippen LogP contribution < -0.4 is 4.74 Å². The summed E-state index contributed by atoms with van der Waals surface area (Å²) in [5.74, 6) is 1.10. The lowest BCUT2D eigenvalue weighted by atomic mass is 10.1. The molecule has 0 saturated heterocycles. The van der Waals surface area contributed by atoms with Crippen molar-refractivity contribution in [1.29, 1.82) is 0 Å². The Morgan fingerprint density at radius 3 is 1.95 bits per heavy atom. The van der Waals surface area contributed by atoms with Gasteiger partial charge in [0.25, 0.3) is 0 Å². The van der Waals surface area contributed by atoms with Crippen molar-refractivity contribution in [2.75, 3.05) is 7.11 Å². The molecule has 0 fully saturated rings. The number of aromatic nitrogens is 1. The molecule has 1 N–H and O–H groups in total. The van der Waals surface area contributed by atoms with E-state index in [1.165, 1.54) is 0 Å². The summed E-state index contributed by atoms with van der Waals surface area (Å²) in [6, 6.07) is 18.9. The van der Waals surface area contributed by atoms with E-state index in [1.807, 2.05) is 54.7 Å². The summed E-state index contributed by atoms with van der Waals surface area (Å²) in [6.45, 7) is 0. The van der Waals surface area contributed by atoms with Gasteiger partial charge in [-0.15, -0.1) is 0 Å². The van der Waals surface area contributed by atoms with Crippen molar-refractivity contribution in [3.05, 3.63) is 66.9 Å². The van der Waals surface area contributed by atoms with E-state index in [1.54, 1.807) is 19.2 Å². The van der Waals surface area contributed by atoms with Gasteiger partial charge in [0.1, 0.15) is 11.5 Å². The third-order valence-electron chi connectivity index (χ3n) is 3.35. The first-order valence-corrected chi connectivity index (χ1v) is 6.66. The lowest BCUT2D eigenvalue weighted by molar-refractivity contribution is 0.415. The van der Waals surface area contributed by atoms with Gasteiger partial charge in [-0.3, -0.25) is 4.98 Å². The Morgan fingerprint density at radius 2 is 1.38 bits per heavy atom. The van der Waals surface area contributed by atoms with E-state index in [0.717, 1.165) is 28.1 Å². The highest BCUT2D eigenvalue weighted by atomic mass is 16.5. The Bertz CT molecular complexity index is 717. The van der Waals surface area contributed by atoms with E-state index >= 15 is 0 Å². The number of nitrogens with zero attached hydrogens (tertiary/aromatic N) is 1. The number of pyridine rings is 1. The van der Waals surface area contributed by atoms with Crippen LogP contribution in [0.4, 0.5) is 0 Å². The highest BCUT2D eigenvalue weighted by Crippen LogP contribution is 2.25. The van der Waals surface area contributed by atoms with Crippen molar-refractivity contribution in [2.45, 2.75) is 0 Å². The Hall–Kier alpha value is -2.81. The summed E-state index contributed by atoms with van der Waals surface area (Å²) >= 11 is 0. The van der Waals surface area contributed by atoms with Gasteiger partial charge in [0, 0.05) is 17.3 Å². The average Bonchev–Trinajstić information content (AvgIpc) is 2.56. The number of ether oxygens (including phenoxy) is 1. The fraction of sp³-hybridized carbons (Fsp3) is 0.0556. The van der Waals surface area contributed by atoms with Crippen LogP contribution in [-0.2, 0) is 0 Å². The van der Waals surface area contributed by atoms with E-state index < -0.39 is 0 Å². The maximum absolute atomic E-state index is 9.31. The van der Waals surface area contributed by atoms with Crippen LogP contribution >= 0.6 is 0 Å². The fourth-order valence-electron chi connectivity index (χ4n) is 2.15. The third kappa shape index (κ3) is 2.87. The maximum atomic E-state index is 9.31. The van der Waals surface area contributed by atoms with Crippen molar-refractivity contribution in [3.63, 3.8) is 0 Å². The molecule has 0 saturated carbocycles. The Kier molecular flexibility index (Phi) is 3.56. The van der Waals surface area contributed by atoms with E-state index in [0.29, 0.717) is 0 Å². The zero-order valence-corrected chi connectivity index (χ0v) is 11.7. The molecule has 0 atom stereocenters. The van der Waals surface area contributed by atoms with Gasteiger partial charge >= 0.3 is 0 Å². The monoisotopic (exact) mass is 277 g/mol. The summed E-state index contributed by atoms with van der Waals surface area (Å²) in [5.41, 5.74) is 4.02. The second kappa shape index (κ2) is 5.67. The lowest BCUT2D eigenvalue weighted by Crippen LogP contribution is -1.86. The molecule has 0 aliphatic heterocycles. The van der Waals surface area contributed by atoms with Crippen molar-refractivity contribution < 1.29 is 9.84 Å². The van der Waals surface area contributed by atoms with Gasteiger partial charge in [-0.25, -0.2) is 0 Å². The molecule has 0 unspecified atom stereocenters. The molecule has 0 amide bonds. The van der Waals surface area contributed by atoms with Crippen molar-refractivity contribution >= 4 is 0 Å². The SMILES string of the molecule is COc1ccc(-c2ccc(-c3ccc(O)cc3)cn2)cc1. The second-order valence-electron chi connectivity index (χ2n) is 4.71. The molecule has 0 aliphatic carbocycles. The number of benzene rings is 2. The normalized spacial score (nSPS) is 10.3. The topological polar surface area (TPSA) is 42.4 Å². The maximum Gasteiger partial charge on any atom is 0.118 e. The van der Waals surface area contributed by atoms with Crippen LogP contribution in [-0.4, -0.2) is 17.2 Å². The third-order valence-corrected chi connectivity index (χ3v) is 3.35. The van der Waals surface area contributed by atoms with E-state index in [2.05, 4.69) is 4.98 Å². The quantitative estimate of drug-likeness (QED) is 0.782. The first kappa shape index (κ1) is 13.2. The van der Waals surface area contributed by atoms with Gasteiger partial charge in [-0.1, -0.05) is 18.2 Å². The lowest BCUT2D eigenvalue weighted by Gasteiger charge is -2.05. The van der Waals surface area contributed by atoms with Crippen molar-refractivity contribution in [1.82, 2.24) is 4.98 Å². The molecule has 3 nitrogen and oxygen atoms in total. The number of rotatable bonds is 3. The highest BCUT2D eigenvalue weighted by Gasteiger charge is 2.02. The number of methoxy groups -OCH3 is 1. The molecule has 3 rings (SSSR count). The van der Waals surface area contributed by atoms with Crippen LogP contribution in [0.2, 0.25) is 0 Å². The van der Waals surface area contributed by atoms with Crippen LogP contribution in [0.5, 0.6) is 11.5 Å². The first-order chi connectivity index (χ1) is 10.3. The minimum Gasteiger partial charge on any atom is -0.508 e.